The van der Waals surface area contributed by atoms with Gasteiger partial charge in [0.2, 0.25) is 17.7 Å². The van der Waals surface area contributed by atoms with E-state index in [-0.39, 0.29) is 24.3 Å². The number of rotatable bonds is 11. The fraction of sp³-hybridized carbons (Fsp3) is 0.667. The predicted molar refractivity (Wildman–Crippen MR) is 123 cm³/mol. The molecule has 0 aromatic carbocycles. The number of imidazole rings is 1. The summed E-state index contributed by atoms with van der Waals surface area (Å²) in [5, 5.41) is 18.1. The van der Waals surface area contributed by atoms with Crippen molar-refractivity contribution in [3.05, 3.63) is 18.2 Å². The molecule has 3 rings (SSSR count). The largest absolute Gasteiger partial charge is 0.480 e. The van der Waals surface area contributed by atoms with E-state index in [2.05, 4.69) is 25.9 Å². The summed E-state index contributed by atoms with van der Waals surface area (Å²) in [6, 6.07) is -2.93. The number of aromatic nitrogens is 2. The molecule has 1 aromatic heterocycles. The van der Waals surface area contributed by atoms with Crippen LogP contribution in [-0.2, 0) is 25.6 Å². The fourth-order valence-corrected chi connectivity index (χ4v) is 4.73. The van der Waals surface area contributed by atoms with Gasteiger partial charge in [0, 0.05) is 24.9 Å². The molecule has 2 fully saturated rings. The van der Waals surface area contributed by atoms with Crippen LogP contribution >= 0.6 is 11.8 Å². The quantitative estimate of drug-likeness (QED) is 0.284. The number of hydrogen-bond acceptors (Lipinski definition) is 7. The third-order valence-electron chi connectivity index (χ3n) is 6.03. The molecular formula is C21H32N6O5S. The van der Waals surface area contributed by atoms with E-state index in [1.165, 1.54) is 17.4 Å². The van der Waals surface area contributed by atoms with Gasteiger partial charge in [-0.05, 0) is 50.7 Å². The van der Waals surface area contributed by atoms with Gasteiger partial charge in [0.15, 0.2) is 0 Å². The number of hydrogen-bond donors (Lipinski definition) is 5. The Hall–Kier alpha value is -2.60. The number of aromatic amines is 1. The van der Waals surface area contributed by atoms with Crippen LogP contribution in [0.5, 0.6) is 0 Å². The zero-order chi connectivity index (χ0) is 23.8. The molecule has 0 spiro atoms. The van der Waals surface area contributed by atoms with E-state index in [0.717, 1.165) is 19.4 Å². The second-order valence-electron chi connectivity index (χ2n) is 8.36. The van der Waals surface area contributed by atoms with Crippen molar-refractivity contribution in [3.8, 4) is 0 Å². The van der Waals surface area contributed by atoms with Gasteiger partial charge >= 0.3 is 5.97 Å². The van der Waals surface area contributed by atoms with Crippen LogP contribution in [0.2, 0.25) is 0 Å². The van der Waals surface area contributed by atoms with Gasteiger partial charge in [0.1, 0.15) is 18.1 Å². The minimum atomic E-state index is -1.16. The van der Waals surface area contributed by atoms with Crippen molar-refractivity contribution in [3.63, 3.8) is 0 Å². The maximum Gasteiger partial charge on any atom is 0.326 e. The van der Waals surface area contributed by atoms with Crippen molar-refractivity contribution in [2.75, 3.05) is 25.1 Å². The van der Waals surface area contributed by atoms with Gasteiger partial charge < -0.3 is 30.9 Å². The van der Waals surface area contributed by atoms with Crippen molar-refractivity contribution in [1.82, 2.24) is 30.8 Å². The average Bonchev–Trinajstić information content (AvgIpc) is 3.57. The third-order valence-corrected chi connectivity index (χ3v) is 6.68. The normalized spacial score (nSPS) is 22.0. The lowest BCUT2D eigenvalue weighted by molar-refractivity contribution is -0.145. The van der Waals surface area contributed by atoms with Crippen LogP contribution in [0, 0.1) is 0 Å². The van der Waals surface area contributed by atoms with Gasteiger partial charge in [-0.2, -0.15) is 11.8 Å². The number of nitrogens with one attached hydrogen (secondary N) is 4. The van der Waals surface area contributed by atoms with Crippen molar-refractivity contribution in [1.29, 1.82) is 0 Å². The molecule has 11 nitrogen and oxygen atoms in total. The lowest BCUT2D eigenvalue weighted by atomic mass is 10.1. The molecule has 2 aliphatic heterocycles. The monoisotopic (exact) mass is 480 g/mol. The highest BCUT2D eigenvalue weighted by Gasteiger charge is 2.39. The van der Waals surface area contributed by atoms with Crippen LogP contribution in [0.25, 0.3) is 0 Å². The van der Waals surface area contributed by atoms with Crippen molar-refractivity contribution in [2.24, 2.45) is 0 Å². The lowest BCUT2D eigenvalue weighted by Gasteiger charge is -2.30. The summed E-state index contributed by atoms with van der Waals surface area (Å²) in [5.41, 5.74) is 0.586. The van der Waals surface area contributed by atoms with Crippen LogP contribution in [0.4, 0.5) is 0 Å². The maximum absolute atomic E-state index is 13.4. The number of likely N-dealkylation sites (tertiary alicyclic amines) is 1. The molecule has 4 unspecified atom stereocenters. The summed E-state index contributed by atoms with van der Waals surface area (Å²) in [4.78, 5) is 58.8. The third kappa shape index (κ3) is 6.70. The lowest BCUT2D eigenvalue weighted by Crippen LogP contribution is -2.57. The van der Waals surface area contributed by atoms with Gasteiger partial charge in [0.05, 0.1) is 12.4 Å². The summed E-state index contributed by atoms with van der Waals surface area (Å²) >= 11 is 1.58. The number of carboxylic acid groups (broad SMARTS) is 1. The van der Waals surface area contributed by atoms with Crippen LogP contribution in [0.15, 0.2) is 12.5 Å². The molecule has 12 heteroatoms. The molecule has 0 radical (unpaired) electrons. The van der Waals surface area contributed by atoms with Gasteiger partial charge in [-0.1, -0.05) is 0 Å². The number of aliphatic carboxylic acids is 1. The Bertz CT molecular complexity index is 829. The number of carbonyl (C=O) groups excluding carboxylic acids is 3. The predicted octanol–water partition coefficient (Wildman–Crippen LogP) is -0.497. The number of amides is 3. The standard InChI is InChI=1S/C21H32N6O5S/c1-33-9-6-15(25-18(28)14-4-2-7-23-14)20(30)27-8-3-5-17(27)19(29)26-16(21(31)32)10-13-11-22-12-24-13/h11-12,14-17,23H,2-10H2,1H3,(H,22,24)(H,25,28)(H,26,29)(H,31,32). The molecule has 3 heterocycles. The molecule has 5 N–H and O–H groups in total. The maximum atomic E-state index is 13.4. The van der Waals surface area contributed by atoms with Crippen LogP contribution < -0.4 is 16.0 Å². The number of carbonyl (C=O) groups is 4. The number of nitrogens with zero attached hydrogens (tertiary/aromatic N) is 2. The molecule has 2 aliphatic rings. The molecule has 0 bridgehead atoms. The zero-order valence-electron chi connectivity index (χ0n) is 18.7. The molecule has 1 aromatic rings. The first-order valence-corrected chi connectivity index (χ1v) is 12.6. The summed E-state index contributed by atoms with van der Waals surface area (Å²) in [6.45, 7) is 1.17. The van der Waals surface area contributed by atoms with Gasteiger partial charge in [-0.3, -0.25) is 14.4 Å². The van der Waals surface area contributed by atoms with Crippen LogP contribution in [-0.4, -0.2) is 92.9 Å². The molecular weight excluding hydrogens is 448 g/mol. The summed E-state index contributed by atoms with van der Waals surface area (Å²) in [6.07, 6.45) is 8.12. The van der Waals surface area contributed by atoms with Crippen molar-refractivity contribution >= 4 is 35.5 Å². The van der Waals surface area contributed by atoms with E-state index in [9.17, 15) is 24.3 Å². The van der Waals surface area contributed by atoms with Crippen molar-refractivity contribution in [2.45, 2.75) is 62.7 Å². The van der Waals surface area contributed by atoms with Gasteiger partial charge in [-0.15, -0.1) is 0 Å². The highest BCUT2D eigenvalue weighted by Crippen LogP contribution is 2.20. The molecule has 182 valence electrons. The first-order valence-electron chi connectivity index (χ1n) is 11.2. The fourth-order valence-electron chi connectivity index (χ4n) is 4.26. The summed E-state index contributed by atoms with van der Waals surface area (Å²) in [7, 11) is 0. The van der Waals surface area contributed by atoms with Gasteiger partial charge in [-0.25, -0.2) is 9.78 Å². The average molecular weight is 481 g/mol. The minimum Gasteiger partial charge on any atom is -0.480 e. The summed E-state index contributed by atoms with van der Waals surface area (Å²) in [5.74, 6) is -1.47. The molecule has 3 amide bonds. The second kappa shape index (κ2) is 12.0. The van der Waals surface area contributed by atoms with E-state index in [0.29, 0.717) is 37.3 Å². The smallest absolute Gasteiger partial charge is 0.326 e. The first-order chi connectivity index (χ1) is 15.9. The molecule has 4 atom stereocenters. The number of H-pyrrole nitrogens is 1. The SMILES string of the molecule is CSCCC(NC(=O)C1CCCN1)C(=O)N1CCCC1C(=O)NC(Cc1cnc[nH]1)C(=O)O. The molecule has 0 aliphatic carbocycles. The van der Waals surface area contributed by atoms with Crippen molar-refractivity contribution < 1.29 is 24.3 Å². The Labute approximate surface area is 196 Å². The molecule has 2 saturated heterocycles. The number of carboxylic acids is 1. The highest BCUT2D eigenvalue weighted by atomic mass is 32.2. The topological polar surface area (TPSA) is 157 Å². The minimum absolute atomic E-state index is 0.0581. The van der Waals surface area contributed by atoms with E-state index >= 15 is 0 Å². The van der Waals surface area contributed by atoms with Gasteiger partial charge in [0.25, 0.3) is 0 Å². The van der Waals surface area contributed by atoms with E-state index < -0.39 is 30.0 Å². The second-order valence-corrected chi connectivity index (χ2v) is 9.35. The highest BCUT2D eigenvalue weighted by molar-refractivity contribution is 7.98. The first kappa shape index (κ1) is 25.0. The Morgan fingerprint density at radius 1 is 1.21 bits per heavy atom. The van der Waals surface area contributed by atoms with E-state index in [1.54, 1.807) is 11.8 Å². The zero-order valence-corrected chi connectivity index (χ0v) is 19.5. The van der Waals surface area contributed by atoms with Crippen LogP contribution in [0.1, 0.15) is 37.8 Å². The Kier molecular flexibility index (Phi) is 9.12. The Balaban J connectivity index is 1.65. The van der Waals surface area contributed by atoms with E-state index in [4.69, 9.17) is 0 Å². The molecule has 0 saturated carbocycles. The number of thioether (sulfide) groups is 1. The van der Waals surface area contributed by atoms with E-state index in [1.807, 2.05) is 6.26 Å². The summed E-state index contributed by atoms with van der Waals surface area (Å²) < 4.78 is 0. The van der Waals surface area contributed by atoms with Crippen LogP contribution in [0.3, 0.4) is 0 Å². The Morgan fingerprint density at radius 2 is 2.00 bits per heavy atom. The Morgan fingerprint density at radius 3 is 2.64 bits per heavy atom. The molecule has 33 heavy (non-hydrogen) atoms.